The molecule has 4 N–H and O–H groups in total. The normalized spacial score (nSPS) is 10.2. The predicted molar refractivity (Wildman–Crippen MR) is 93.2 cm³/mol. The quantitative estimate of drug-likeness (QED) is 0.641. The van der Waals surface area contributed by atoms with E-state index in [1.54, 1.807) is 30.3 Å². The molecule has 2 aromatic heterocycles. The van der Waals surface area contributed by atoms with Gasteiger partial charge in [-0.1, -0.05) is 12.1 Å². The van der Waals surface area contributed by atoms with Gasteiger partial charge in [-0.25, -0.2) is 0 Å². The molecule has 25 heavy (non-hydrogen) atoms. The largest absolute Gasteiger partial charge is 0.459 e. The van der Waals surface area contributed by atoms with Crippen molar-refractivity contribution in [2.24, 2.45) is 5.73 Å². The third-order valence-electron chi connectivity index (χ3n) is 3.44. The van der Waals surface area contributed by atoms with Crippen LogP contribution in [0.4, 0.5) is 11.4 Å². The Labute approximate surface area is 143 Å². The van der Waals surface area contributed by atoms with Crippen molar-refractivity contribution in [2.75, 3.05) is 10.6 Å². The van der Waals surface area contributed by atoms with Crippen LogP contribution in [0.15, 0.2) is 65.4 Å². The number of carbonyl (C=O) groups excluding carboxylic acids is 2. The van der Waals surface area contributed by atoms with Gasteiger partial charge < -0.3 is 20.8 Å². The first-order chi connectivity index (χ1) is 12.1. The first kappa shape index (κ1) is 16.3. The summed E-state index contributed by atoms with van der Waals surface area (Å²) < 4.78 is 5.07. The van der Waals surface area contributed by atoms with E-state index in [4.69, 9.17) is 10.2 Å². The number of hydrogen-bond donors (Lipinski definition) is 3. The Bertz CT molecular complexity index is 891. The number of pyridine rings is 1. The number of furan rings is 1. The van der Waals surface area contributed by atoms with E-state index in [9.17, 15) is 9.59 Å². The second kappa shape index (κ2) is 7.31. The number of primary amides is 1. The first-order valence-electron chi connectivity index (χ1n) is 7.55. The first-order valence-corrected chi connectivity index (χ1v) is 7.55. The van der Waals surface area contributed by atoms with Crippen molar-refractivity contribution in [1.82, 2.24) is 4.98 Å². The van der Waals surface area contributed by atoms with Crippen LogP contribution in [0.1, 0.15) is 26.6 Å². The molecule has 2 amide bonds. The Morgan fingerprint density at radius 3 is 2.72 bits per heavy atom. The van der Waals surface area contributed by atoms with E-state index in [0.717, 1.165) is 11.3 Å². The molecule has 0 aliphatic heterocycles. The number of aromatic nitrogens is 1. The minimum absolute atomic E-state index is 0.199. The lowest BCUT2D eigenvalue weighted by Gasteiger charge is -2.09. The molecule has 3 rings (SSSR count). The number of nitrogens with zero attached hydrogens (tertiary/aromatic N) is 1. The van der Waals surface area contributed by atoms with E-state index < -0.39 is 5.91 Å². The summed E-state index contributed by atoms with van der Waals surface area (Å²) in [7, 11) is 0. The zero-order valence-corrected chi connectivity index (χ0v) is 13.2. The van der Waals surface area contributed by atoms with Crippen LogP contribution in [0.2, 0.25) is 0 Å². The molecule has 126 valence electrons. The van der Waals surface area contributed by atoms with Gasteiger partial charge in [0.2, 0.25) is 0 Å². The topological polar surface area (TPSA) is 110 Å². The fourth-order valence-electron chi connectivity index (χ4n) is 2.24. The molecule has 0 saturated carbocycles. The second-order valence-electron chi connectivity index (χ2n) is 5.28. The van der Waals surface area contributed by atoms with Crippen LogP contribution in [-0.4, -0.2) is 16.8 Å². The van der Waals surface area contributed by atoms with Gasteiger partial charge in [0, 0.05) is 24.1 Å². The molecule has 0 bridgehead atoms. The molecule has 3 aromatic rings. The van der Waals surface area contributed by atoms with E-state index >= 15 is 0 Å². The molecular weight excluding hydrogens is 320 g/mol. The third kappa shape index (κ3) is 4.23. The zero-order valence-electron chi connectivity index (χ0n) is 13.2. The van der Waals surface area contributed by atoms with Crippen LogP contribution in [0.3, 0.4) is 0 Å². The zero-order chi connectivity index (χ0) is 17.6. The number of nitrogens with one attached hydrogen (secondary N) is 2. The van der Waals surface area contributed by atoms with Gasteiger partial charge in [0.15, 0.2) is 5.76 Å². The van der Waals surface area contributed by atoms with Gasteiger partial charge in [-0.3, -0.25) is 14.6 Å². The van der Waals surface area contributed by atoms with Gasteiger partial charge in [0.05, 0.1) is 6.26 Å². The number of nitrogens with two attached hydrogens (primary N) is 1. The minimum Gasteiger partial charge on any atom is -0.459 e. The number of carbonyl (C=O) groups is 2. The highest BCUT2D eigenvalue weighted by Gasteiger charge is 2.09. The summed E-state index contributed by atoms with van der Waals surface area (Å²) in [5.74, 6) is -0.638. The Hall–Kier alpha value is -3.61. The lowest BCUT2D eigenvalue weighted by molar-refractivity contribution is 0.0988. The van der Waals surface area contributed by atoms with Gasteiger partial charge in [-0.05, 0) is 42.0 Å². The Balaban J connectivity index is 1.65. The van der Waals surface area contributed by atoms with Gasteiger partial charge in [0.1, 0.15) is 5.69 Å². The number of amides is 2. The lowest BCUT2D eigenvalue weighted by atomic mass is 10.2. The SMILES string of the molecule is NC(=O)c1cc(NCc2cccc(NC(=O)c3ccco3)c2)ccn1. The monoisotopic (exact) mass is 336 g/mol. The van der Waals surface area contributed by atoms with Crippen LogP contribution in [0, 0.1) is 0 Å². The predicted octanol–water partition coefficient (Wildman–Crippen LogP) is 2.64. The lowest BCUT2D eigenvalue weighted by Crippen LogP contribution is -2.13. The van der Waals surface area contributed by atoms with Crippen molar-refractivity contribution in [3.05, 3.63) is 78.0 Å². The van der Waals surface area contributed by atoms with Crippen LogP contribution >= 0.6 is 0 Å². The maximum Gasteiger partial charge on any atom is 0.291 e. The van der Waals surface area contributed by atoms with Gasteiger partial charge in [0.25, 0.3) is 11.8 Å². The molecule has 0 saturated heterocycles. The average Bonchev–Trinajstić information content (AvgIpc) is 3.15. The molecule has 7 heteroatoms. The highest BCUT2D eigenvalue weighted by molar-refractivity contribution is 6.02. The van der Waals surface area contributed by atoms with Gasteiger partial charge >= 0.3 is 0 Å². The van der Waals surface area contributed by atoms with Crippen LogP contribution in [-0.2, 0) is 6.54 Å². The summed E-state index contributed by atoms with van der Waals surface area (Å²) in [5, 5.41) is 5.96. The number of benzene rings is 1. The third-order valence-corrected chi connectivity index (χ3v) is 3.44. The van der Waals surface area contributed by atoms with Crippen molar-refractivity contribution >= 4 is 23.2 Å². The Morgan fingerprint density at radius 1 is 1.08 bits per heavy atom. The van der Waals surface area contributed by atoms with Crippen LogP contribution in [0.5, 0.6) is 0 Å². The molecule has 0 aliphatic carbocycles. The smallest absolute Gasteiger partial charge is 0.291 e. The number of hydrogen-bond acceptors (Lipinski definition) is 5. The maximum atomic E-state index is 12.0. The van der Waals surface area contributed by atoms with E-state index in [2.05, 4.69) is 15.6 Å². The van der Waals surface area contributed by atoms with E-state index in [-0.39, 0.29) is 17.4 Å². The van der Waals surface area contributed by atoms with Crippen molar-refractivity contribution in [1.29, 1.82) is 0 Å². The van der Waals surface area contributed by atoms with Crippen molar-refractivity contribution in [3.8, 4) is 0 Å². The van der Waals surface area contributed by atoms with Crippen molar-refractivity contribution < 1.29 is 14.0 Å². The molecule has 0 atom stereocenters. The summed E-state index contributed by atoms with van der Waals surface area (Å²) in [6.45, 7) is 0.507. The molecular formula is C18H16N4O3. The van der Waals surface area contributed by atoms with Crippen molar-refractivity contribution in [3.63, 3.8) is 0 Å². The highest BCUT2D eigenvalue weighted by atomic mass is 16.3. The molecule has 0 radical (unpaired) electrons. The second-order valence-corrected chi connectivity index (χ2v) is 5.28. The molecule has 2 heterocycles. The minimum atomic E-state index is -0.578. The van der Waals surface area contributed by atoms with Crippen LogP contribution in [0.25, 0.3) is 0 Å². The fraction of sp³-hybridized carbons (Fsp3) is 0.0556. The summed E-state index contributed by atoms with van der Waals surface area (Å²) >= 11 is 0. The van der Waals surface area contributed by atoms with E-state index in [1.165, 1.54) is 12.5 Å². The Kier molecular flexibility index (Phi) is 4.75. The fourth-order valence-corrected chi connectivity index (χ4v) is 2.24. The molecule has 0 aliphatic rings. The summed E-state index contributed by atoms with van der Waals surface area (Å²) in [4.78, 5) is 27.0. The number of anilines is 2. The molecule has 7 nitrogen and oxygen atoms in total. The standard InChI is InChI=1S/C18H16N4O3/c19-17(23)15-10-13(6-7-20-15)21-11-12-3-1-4-14(9-12)22-18(24)16-5-2-8-25-16/h1-10H,11H2,(H2,19,23)(H,20,21)(H,22,24). The van der Waals surface area contributed by atoms with Gasteiger partial charge in [-0.15, -0.1) is 0 Å². The Morgan fingerprint density at radius 2 is 1.96 bits per heavy atom. The average molecular weight is 336 g/mol. The molecule has 0 unspecified atom stereocenters. The van der Waals surface area contributed by atoms with Crippen molar-refractivity contribution in [2.45, 2.75) is 6.54 Å². The van der Waals surface area contributed by atoms with E-state index in [1.807, 2.05) is 18.2 Å². The van der Waals surface area contributed by atoms with Gasteiger partial charge in [-0.2, -0.15) is 0 Å². The summed E-state index contributed by atoms with van der Waals surface area (Å²) in [6, 6.07) is 14.0. The molecule has 1 aromatic carbocycles. The van der Waals surface area contributed by atoms with E-state index in [0.29, 0.717) is 12.2 Å². The van der Waals surface area contributed by atoms with Crippen LogP contribution < -0.4 is 16.4 Å². The maximum absolute atomic E-state index is 12.0. The summed E-state index contributed by atoms with van der Waals surface area (Å²) in [6.07, 6.45) is 2.97. The molecule has 0 spiro atoms. The highest BCUT2D eigenvalue weighted by Crippen LogP contribution is 2.15. The summed E-state index contributed by atoms with van der Waals surface area (Å²) in [5.41, 5.74) is 7.76. The number of rotatable bonds is 6. The molecule has 0 fully saturated rings.